The number of aliphatic carboxylic acids is 1. The molecule has 4 aromatic rings. The number of aryl methyl sites for hydroxylation is 2. The van der Waals surface area contributed by atoms with Crippen molar-refractivity contribution in [2.75, 3.05) is 11.9 Å². The van der Waals surface area contributed by atoms with Crippen LogP contribution >= 0.6 is 23.1 Å². The van der Waals surface area contributed by atoms with Gasteiger partial charge in [-0.25, -0.2) is 8.42 Å². The van der Waals surface area contributed by atoms with E-state index in [0.717, 1.165) is 42.6 Å². The van der Waals surface area contributed by atoms with Crippen LogP contribution in [0.5, 0.6) is 0 Å². The molecule has 5 rings (SSSR count). The molecule has 0 fully saturated rings. The van der Waals surface area contributed by atoms with Gasteiger partial charge in [-0.05, 0) is 57.0 Å². The lowest BCUT2D eigenvalue weighted by molar-refractivity contribution is -0.695. The second-order valence-electron chi connectivity index (χ2n) is 9.83. The third-order valence-electron chi connectivity index (χ3n) is 6.76. The van der Waals surface area contributed by atoms with Crippen LogP contribution < -0.4 is 24.2 Å². The van der Waals surface area contributed by atoms with Crippen molar-refractivity contribution in [2.45, 2.75) is 56.0 Å². The van der Waals surface area contributed by atoms with Crippen LogP contribution in [-0.4, -0.2) is 35.7 Å². The fourth-order valence-electron chi connectivity index (χ4n) is 4.47. The molecular weight excluding hydrogens is 607 g/mol. The Balaban J connectivity index is 0.000000324. The van der Waals surface area contributed by atoms with Gasteiger partial charge in [0.2, 0.25) is 5.69 Å². The fourth-order valence-corrected chi connectivity index (χ4v) is 7.36. The number of carboxylic acids is 1. The van der Waals surface area contributed by atoms with Crippen molar-refractivity contribution >= 4 is 56.0 Å². The molecule has 12 heteroatoms. The topological polar surface area (TPSA) is 124 Å². The highest BCUT2D eigenvalue weighted by Crippen LogP contribution is 2.44. The first-order valence-corrected chi connectivity index (χ1v) is 16.7. The summed E-state index contributed by atoms with van der Waals surface area (Å²) >= 11 is 3.12. The molecular formula is C31H33N3O6S3. The molecule has 0 bridgehead atoms. The van der Waals surface area contributed by atoms with Crippen LogP contribution in [0.3, 0.4) is 0 Å². The molecule has 3 heterocycles. The van der Waals surface area contributed by atoms with Crippen molar-refractivity contribution in [3.63, 3.8) is 0 Å². The van der Waals surface area contributed by atoms with Gasteiger partial charge in [0.25, 0.3) is 5.56 Å². The van der Waals surface area contributed by atoms with E-state index in [2.05, 4.69) is 34.6 Å². The van der Waals surface area contributed by atoms with Crippen molar-refractivity contribution in [1.82, 2.24) is 4.57 Å². The van der Waals surface area contributed by atoms with E-state index < -0.39 is 16.1 Å². The number of pyridine rings is 1. The van der Waals surface area contributed by atoms with Gasteiger partial charge in [0.05, 0.1) is 10.6 Å². The van der Waals surface area contributed by atoms with Crippen LogP contribution in [0, 0.1) is 6.92 Å². The summed E-state index contributed by atoms with van der Waals surface area (Å²) in [5.74, 6) is -0.805. The molecule has 1 aliphatic rings. The maximum atomic E-state index is 13.5. The number of benzene rings is 2. The van der Waals surface area contributed by atoms with Crippen LogP contribution in [0.2, 0.25) is 0 Å². The molecule has 226 valence electrons. The van der Waals surface area contributed by atoms with Gasteiger partial charge >= 0.3 is 5.97 Å². The summed E-state index contributed by atoms with van der Waals surface area (Å²) in [5, 5.41) is 9.89. The quantitative estimate of drug-likeness (QED) is 0.177. The minimum absolute atomic E-state index is 0.0160. The van der Waals surface area contributed by atoms with Crippen molar-refractivity contribution in [3.05, 3.63) is 104 Å². The maximum absolute atomic E-state index is 13.5. The number of aromatic nitrogens is 2. The van der Waals surface area contributed by atoms with Crippen LogP contribution in [0.4, 0.5) is 5.69 Å². The number of anilines is 1. The number of nitrogens with zero attached hydrogens (tertiary/aromatic N) is 3. The van der Waals surface area contributed by atoms with Gasteiger partial charge in [-0.2, -0.15) is 4.57 Å². The molecule has 43 heavy (non-hydrogen) atoms. The molecule has 2 aromatic heterocycles. The lowest BCUT2D eigenvalue weighted by Gasteiger charge is -2.11. The summed E-state index contributed by atoms with van der Waals surface area (Å²) in [5.41, 5.74) is 3.05. The predicted octanol–water partition coefficient (Wildman–Crippen LogP) is 3.51. The smallest absolute Gasteiger partial charge is 0.303 e. The Morgan fingerprint density at radius 1 is 1.05 bits per heavy atom. The number of thioether (sulfide) groups is 1. The minimum atomic E-state index is -4.27. The van der Waals surface area contributed by atoms with E-state index in [0.29, 0.717) is 19.4 Å². The molecule has 0 spiro atoms. The van der Waals surface area contributed by atoms with Crippen LogP contribution in [0.1, 0.15) is 37.4 Å². The Morgan fingerprint density at radius 2 is 1.74 bits per heavy atom. The predicted molar refractivity (Wildman–Crippen MR) is 168 cm³/mol. The number of thiazole rings is 1. The molecule has 0 atom stereocenters. The number of para-hydroxylation sites is 1. The highest BCUT2D eigenvalue weighted by Gasteiger charge is 2.24. The van der Waals surface area contributed by atoms with E-state index in [9.17, 15) is 22.6 Å². The first-order valence-electron chi connectivity index (χ1n) is 13.7. The van der Waals surface area contributed by atoms with Gasteiger partial charge in [-0.3, -0.25) is 14.2 Å². The average molecular weight is 640 g/mol. The summed E-state index contributed by atoms with van der Waals surface area (Å²) < 4.78 is 36.7. The number of rotatable bonds is 8. The third kappa shape index (κ3) is 8.02. The summed E-state index contributed by atoms with van der Waals surface area (Å²) in [4.78, 5) is 27.5. The number of hydrogen-bond acceptors (Lipinski definition) is 8. The van der Waals surface area contributed by atoms with Crippen LogP contribution in [0.25, 0.3) is 11.1 Å². The van der Waals surface area contributed by atoms with Crippen LogP contribution in [0.15, 0.2) is 87.5 Å². The Kier molecular flexibility index (Phi) is 10.6. The Bertz CT molecular complexity index is 1900. The lowest BCUT2D eigenvalue weighted by Crippen LogP contribution is -2.37. The van der Waals surface area contributed by atoms with Gasteiger partial charge in [-0.1, -0.05) is 41.6 Å². The van der Waals surface area contributed by atoms with Gasteiger partial charge in [-0.15, -0.1) is 11.3 Å². The standard InChI is InChI=1S/C24H25N3O3S2.C7H8O3S/c1-3-26-14-8-6-10-17(26)16-20-27(15-9-7-13-21(28)29)23(30)22(32-20)24-25(2)18-11-4-5-12-19(18)31-24;1-6-2-4-7(5-3-6)11(8,9)10/h4-6,8,10-12,14,16H,3,7,9,13,15H2,1-2H3;2-5H,1H3,(H,8,9,10)/b24-22+;. The molecule has 2 aromatic carbocycles. The summed E-state index contributed by atoms with van der Waals surface area (Å²) in [7, 11) is -2.27. The maximum Gasteiger partial charge on any atom is 0.303 e. The Labute approximate surface area is 258 Å². The monoisotopic (exact) mass is 639 g/mol. The van der Waals surface area contributed by atoms with E-state index in [1.54, 1.807) is 28.5 Å². The second-order valence-corrected chi connectivity index (χ2v) is 13.3. The average Bonchev–Trinajstić information content (AvgIpc) is 3.47. The van der Waals surface area contributed by atoms with Crippen molar-refractivity contribution in [1.29, 1.82) is 0 Å². The third-order valence-corrected chi connectivity index (χ3v) is 10.1. The van der Waals surface area contributed by atoms with E-state index in [-0.39, 0.29) is 16.9 Å². The van der Waals surface area contributed by atoms with E-state index in [1.807, 2.05) is 50.5 Å². The molecule has 1 aliphatic heterocycles. The van der Waals surface area contributed by atoms with Gasteiger partial charge < -0.3 is 14.6 Å². The molecule has 0 saturated heterocycles. The normalized spacial score (nSPS) is 14.3. The molecule has 0 saturated carbocycles. The largest absolute Gasteiger partial charge is 0.744 e. The second kappa shape index (κ2) is 14.2. The Morgan fingerprint density at radius 3 is 2.40 bits per heavy atom. The first-order chi connectivity index (χ1) is 20.5. The lowest BCUT2D eigenvalue weighted by atomic mass is 10.2. The zero-order valence-electron chi connectivity index (χ0n) is 24.1. The number of carbonyl (C=O) groups is 1. The van der Waals surface area contributed by atoms with Crippen molar-refractivity contribution < 1.29 is 27.4 Å². The summed E-state index contributed by atoms with van der Waals surface area (Å²) in [6.45, 7) is 5.25. The molecule has 0 unspecified atom stereocenters. The van der Waals surface area contributed by atoms with Gasteiger partial charge in [0.15, 0.2) is 6.20 Å². The van der Waals surface area contributed by atoms with Gasteiger partial charge in [0, 0.05) is 43.1 Å². The highest BCUT2D eigenvalue weighted by atomic mass is 32.2. The fraction of sp³-hybridized carbons (Fsp3) is 0.258. The minimum Gasteiger partial charge on any atom is -0.744 e. The summed E-state index contributed by atoms with van der Waals surface area (Å²) in [6, 6.07) is 20.0. The molecule has 1 N–H and O–H groups in total. The zero-order valence-corrected chi connectivity index (χ0v) is 26.5. The van der Waals surface area contributed by atoms with E-state index in [4.69, 9.17) is 5.11 Å². The van der Waals surface area contributed by atoms with Crippen molar-refractivity contribution in [3.8, 4) is 0 Å². The van der Waals surface area contributed by atoms with Crippen LogP contribution in [-0.2, 0) is 28.0 Å². The molecule has 0 aliphatic carbocycles. The zero-order chi connectivity index (χ0) is 31.1. The van der Waals surface area contributed by atoms with Crippen molar-refractivity contribution in [2.24, 2.45) is 0 Å². The van der Waals surface area contributed by atoms with E-state index >= 15 is 0 Å². The SMILES string of the molecule is CC[n+]1ccccc1/C=c1\s/c(=C2/Sc3ccccc3N2C)c(=O)n1CCCCC(=O)O.Cc1ccc(S(=O)(=O)[O-])cc1. The number of hydrogen-bond donors (Lipinski definition) is 1. The first kappa shape index (κ1) is 32.2. The molecule has 0 radical (unpaired) electrons. The molecule has 9 nitrogen and oxygen atoms in total. The number of carboxylic acid groups (broad SMARTS) is 1. The molecule has 0 amide bonds. The van der Waals surface area contributed by atoms with E-state index in [1.165, 1.54) is 23.5 Å². The van der Waals surface area contributed by atoms with Gasteiger partial charge in [0.1, 0.15) is 30.9 Å². The number of fused-ring (bicyclic) bond motifs is 1. The highest BCUT2D eigenvalue weighted by molar-refractivity contribution is 8.08. The number of unbranched alkanes of at least 4 members (excludes halogenated alkanes) is 1. The Hall–Kier alpha value is -3.71. The summed E-state index contributed by atoms with van der Waals surface area (Å²) in [6.07, 6.45) is 5.39.